The van der Waals surface area contributed by atoms with Crippen LogP contribution >= 0.6 is 11.6 Å². The highest BCUT2D eigenvalue weighted by Crippen LogP contribution is 2.36. The molecule has 0 aromatic heterocycles. The minimum atomic E-state index is -0.452. The normalized spacial score (nSPS) is 12.0. The molecule has 6 heteroatoms. The Morgan fingerprint density at radius 2 is 1.81 bits per heavy atom. The van der Waals surface area contributed by atoms with Gasteiger partial charge in [0.05, 0.1) is 32.3 Å². The van der Waals surface area contributed by atoms with Gasteiger partial charge in [0, 0.05) is 5.02 Å². The minimum absolute atomic E-state index is 0.0330. The molecule has 0 aliphatic rings. The lowest BCUT2D eigenvalue weighted by atomic mass is 9.93. The molecule has 0 saturated carbocycles. The molecule has 0 spiro atoms. The van der Waals surface area contributed by atoms with Crippen LogP contribution in [0.2, 0.25) is 5.02 Å². The largest absolute Gasteiger partial charge is 0.493 e. The summed E-state index contributed by atoms with van der Waals surface area (Å²) in [6.07, 6.45) is 0.0670. The highest BCUT2D eigenvalue weighted by atomic mass is 35.5. The van der Waals surface area contributed by atoms with Crippen LogP contribution in [0.5, 0.6) is 11.5 Å². The summed E-state index contributed by atoms with van der Waals surface area (Å²) in [5.41, 5.74) is 8.92. The Morgan fingerprint density at radius 3 is 2.37 bits per heavy atom. The summed E-state index contributed by atoms with van der Waals surface area (Å²) >= 11 is 5.98. The smallest absolute Gasteiger partial charge is 0.310 e. The van der Waals surface area contributed by atoms with Crippen LogP contribution in [0.25, 0.3) is 0 Å². The number of methoxy groups -OCH3 is 1. The molecule has 2 N–H and O–H groups in total. The number of carbonyl (C=O) groups is 1. The van der Waals surface area contributed by atoms with Crippen molar-refractivity contribution in [3.8, 4) is 11.5 Å². The number of ether oxygens (including phenoxy) is 3. The average Bonchev–Trinajstić information content (AvgIpc) is 2.62. The molecule has 0 unspecified atom stereocenters. The van der Waals surface area contributed by atoms with Gasteiger partial charge in [-0.2, -0.15) is 0 Å². The fourth-order valence-corrected chi connectivity index (χ4v) is 2.91. The van der Waals surface area contributed by atoms with Crippen molar-refractivity contribution in [1.29, 1.82) is 0 Å². The second-order valence-electron chi connectivity index (χ2n) is 6.38. The Hall–Kier alpha value is -2.24. The second kappa shape index (κ2) is 9.62. The molecular formula is C21H26ClNO4. The molecule has 2 rings (SSSR count). The fourth-order valence-electron chi connectivity index (χ4n) is 2.78. The van der Waals surface area contributed by atoms with Crippen molar-refractivity contribution < 1.29 is 19.0 Å². The van der Waals surface area contributed by atoms with E-state index in [1.807, 2.05) is 32.0 Å². The predicted octanol–water partition coefficient (Wildman–Crippen LogP) is 4.29. The first-order chi connectivity index (χ1) is 12.8. The highest BCUT2D eigenvalue weighted by molar-refractivity contribution is 6.30. The summed E-state index contributed by atoms with van der Waals surface area (Å²) in [7, 11) is 1.56. The molecule has 146 valence electrons. The van der Waals surface area contributed by atoms with E-state index in [9.17, 15) is 4.79 Å². The van der Waals surface area contributed by atoms with Crippen molar-refractivity contribution in [3.05, 3.63) is 58.1 Å². The molecule has 0 fully saturated rings. The maximum absolute atomic E-state index is 12.1. The van der Waals surface area contributed by atoms with E-state index >= 15 is 0 Å². The first-order valence-corrected chi connectivity index (χ1v) is 9.27. The van der Waals surface area contributed by atoms with E-state index in [0.29, 0.717) is 23.1 Å². The van der Waals surface area contributed by atoms with Gasteiger partial charge in [-0.1, -0.05) is 23.7 Å². The Labute approximate surface area is 165 Å². The molecule has 0 amide bonds. The first-order valence-electron chi connectivity index (χ1n) is 8.89. The van der Waals surface area contributed by atoms with Crippen molar-refractivity contribution in [2.24, 2.45) is 5.73 Å². The van der Waals surface area contributed by atoms with Gasteiger partial charge in [-0.3, -0.25) is 4.79 Å². The fraction of sp³-hybridized carbons (Fsp3) is 0.381. The number of carbonyl (C=O) groups excluding carboxylic acids is 1. The molecule has 0 radical (unpaired) electrons. The van der Waals surface area contributed by atoms with Crippen molar-refractivity contribution in [2.45, 2.75) is 39.3 Å². The van der Waals surface area contributed by atoms with E-state index in [-0.39, 0.29) is 18.5 Å². The summed E-state index contributed by atoms with van der Waals surface area (Å²) in [4.78, 5) is 12.1. The lowest BCUT2D eigenvalue weighted by molar-refractivity contribution is -0.142. The van der Waals surface area contributed by atoms with E-state index in [0.717, 1.165) is 16.7 Å². The van der Waals surface area contributed by atoms with Crippen molar-refractivity contribution in [1.82, 2.24) is 0 Å². The van der Waals surface area contributed by atoms with E-state index in [1.165, 1.54) is 0 Å². The molecule has 0 saturated heterocycles. The molecule has 2 aromatic rings. The minimum Gasteiger partial charge on any atom is -0.493 e. The summed E-state index contributed by atoms with van der Waals surface area (Å²) in [5, 5.41) is 0.635. The standard InChI is InChI=1S/C21H26ClNO4/c1-5-26-20(24)11-15-10-18(25-4)19(27-13(2)3)12-17(15)21(23)14-6-8-16(22)9-7-14/h6-10,12-13,21H,5,11,23H2,1-4H3/t21-/m0/s1. The molecule has 0 aliphatic carbocycles. The van der Waals surface area contributed by atoms with E-state index in [1.54, 1.807) is 32.2 Å². The van der Waals surface area contributed by atoms with Gasteiger partial charge in [-0.15, -0.1) is 0 Å². The number of hydrogen-bond acceptors (Lipinski definition) is 5. The maximum atomic E-state index is 12.1. The van der Waals surface area contributed by atoms with Gasteiger partial charge in [0.25, 0.3) is 0 Å². The number of benzene rings is 2. The first kappa shape index (κ1) is 21.1. The van der Waals surface area contributed by atoms with E-state index in [2.05, 4.69) is 0 Å². The highest BCUT2D eigenvalue weighted by Gasteiger charge is 2.21. The topological polar surface area (TPSA) is 70.8 Å². The number of halogens is 1. The van der Waals surface area contributed by atoms with Gasteiger partial charge >= 0.3 is 5.97 Å². The number of esters is 1. The van der Waals surface area contributed by atoms with E-state index in [4.69, 9.17) is 31.5 Å². The van der Waals surface area contributed by atoms with Crippen LogP contribution in [0.15, 0.2) is 36.4 Å². The Kier molecular flexibility index (Phi) is 7.51. The number of rotatable bonds is 8. The zero-order chi connectivity index (χ0) is 20.0. The van der Waals surface area contributed by atoms with Crippen molar-refractivity contribution >= 4 is 17.6 Å². The Morgan fingerprint density at radius 1 is 1.15 bits per heavy atom. The third kappa shape index (κ3) is 5.62. The quantitative estimate of drug-likeness (QED) is 0.679. The molecule has 0 bridgehead atoms. The van der Waals surface area contributed by atoms with Crippen LogP contribution in [0.3, 0.4) is 0 Å². The summed E-state index contributed by atoms with van der Waals surface area (Å²) < 4.78 is 16.4. The molecule has 5 nitrogen and oxygen atoms in total. The van der Waals surface area contributed by atoms with Crippen LogP contribution in [0, 0.1) is 0 Å². The van der Waals surface area contributed by atoms with Crippen LogP contribution < -0.4 is 15.2 Å². The lowest BCUT2D eigenvalue weighted by Crippen LogP contribution is -2.18. The maximum Gasteiger partial charge on any atom is 0.310 e. The zero-order valence-electron chi connectivity index (χ0n) is 16.1. The van der Waals surface area contributed by atoms with Gasteiger partial charge in [0.1, 0.15) is 0 Å². The zero-order valence-corrected chi connectivity index (χ0v) is 16.9. The Balaban J connectivity index is 2.51. The van der Waals surface area contributed by atoms with Crippen LogP contribution in [0.1, 0.15) is 43.5 Å². The van der Waals surface area contributed by atoms with Crippen molar-refractivity contribution in [3.63, 3.8) is 0 Å². The van der Waals surface area contributed by atoms with E-state index < -0.39 is 6.04 Å². The molecule has 0 aliphatic heterocycles. The summed E-state index contributed by atoms with van der Waals surface area (Å²) in [6.45, 7) is 5.97. The number of nitrogens with two attached hydrogens (primary N) is 1. The molecule has 0 heterocycles. The van der Waals surface area contributed by atoms with Crippen LogP contribution in [-0.2, 0) is 16.0 Å². The second-order valence-corrected chi connectivity index (χ2v) is 6.82. The lowest BCUT2D eigenvalue weighted by Gasteiger charge is -2.21. The molecule has 2 aromatic carbocycles. The third-order valence-electron chi connectivity index (χ3n) is 3.99. The van der Waals surface area contributed by atoms with Gasteiger partial charge in [-0.25, -0.2) is 0 Å². The van der Waals surface area contributed by atoms with Gasteiger partial charge in [-0.05, 0) is 61.7 Å². The molecular weight excluding hydrogens is 366 g/mol. The van der Waals surface area contributed by atoms with Crippen LogP contribution in [-0.4, -0.2) is 25.8 Å². The average molecular weight is 392 g/mol. The predicted molar refractivity (Wildman–Crippen MR) is 107 cm³/mol. The third-order valence-corrected chi connectivity index (χ3v) is 4.24. The van der Waals surface area contributed by atoms with Gasteiger partial charge in [0.2, 0.25) is 0 Å². The van der Waals surface area contributed by atoms with Gasteiger partial charge < -0.3 is 19.9 Å². The molecule has 27 heavy (non-hydrogen) atoms. The monoisotopic (exact) mass is 391 g/mol. The van der Waals surface area contributed by atoms with Gasteiger partial charge in [0.15, 0.2) is 11.5 Å². The van der Waals surface area contributed by atoms with Crippen LogP contribution in [0.4, 0.5) is 0 Å². The SMILES string of the molecule is CCOC(=O)Cc1cc(OC)c(OC(C)C)cc1[C@@H](N)c1ccc(Cl)cc1. The molecule has 1 atom stereocenters. The Bertz CT molecular complexity index is 774. The number of hydrogen-bond donors (Lipinski definition) is 1. The summed E-state index contributed by atoms with van der Waals surface area (Å²) in [5.74, 6) is 0.816. The summed E-state index contributed by atoms with van der Waals surface area (Å²) in [6, 6.07) is 10.5. The van der Waals surface area contributed by atoms with Crippen molar-refractivity contribution in [2.75, 3.05) is 13.7 Å².